The van der Waals surface area contributed by atoms with Crippen molar-refractivity contribution in [2.24, 2.45) is 5.10 Å². The molecule has 0 aliphatic heterocycles. The molecule has 160 valence electrons. The summed E-state index contributed by atoms with van der Waals surface area (Å²) in [5.74, 6) is 0.841. The number of methoxy groups -OCH3 is 2. The number of halogens is 1. The molecular weight excluding hydrogens is 460 g/mol. The molecule has 0 bridgehead atoms. The molecule has 3 rings (SSSR count). The zero-order chi connectivity index (χ0) is 22.1. The van der Waals surface area contributed by atoms with Crippen LogP contribution >= 0.6 is 15.9 Å². The largest absolute Gasteiger partial charge is 0.493 e. The van der Waals surface area contributed by atoms with E-state index in [0.717, 1.165) is 21.2 Å². The van der Waals surface area contributed by atoms with Gasteiger partial charge in [-0.2, -0.15) is 5.10 Å². The van der Waals surface area contributed by atoms with Crippen LogP contribution in [0.4, 0.5) is 0 Å². The molecule has 0 radical (unpaired) electrons. The number of benzene rings is 3. The number of carbonyl (C=O) groups excluding carboxylic acids is 1. The Hall–Kier alpha value is -3.16. The Morgan fingerprint density at radius 1 is 1.03 bits per heavy atom. The summed E-state index contributed by atoms with van der Waals surface area (Å²) in [5, 5.41) is 4.04. The standard InChI is InChI=1S/C24H23BrN2O4/c1-29-22-14-18(10-13-21(22)31-16-17-8-11-20(25)12-9-17)15-26-27-24(28)23(30-2)19-6-4-3-5-7-19/h3-15,23H,16H2,1-2H3,(H,27,28)/b26-15-/t23-/m0/s1. The van der Waals surface area contributed by atoms with Gasteiger partial charge in [-0.1, -0.05) is 58.4 Å². The van der Waals surface area contributed by atoms with Crippen LogP contribution in [0.15, 0.2) is 82.4 Å². The van der Waals surface area contributed by atoms with Crippen LogP contribution in [0.5, 0.6) is 11.5 Å². The van der Waals surface area contributed by atoms with Crippen LogP contribution < -0.4 is 14.9 Å². The highest BCUT2D eigenvalue weighted by Gasteiger charge is 2.19. The number of carbonyl (C=O) groups is 1. The molecule has 1 N–H and O–H groups in total. The molecule has 0 unspecified atom stereocenters. The Morgan fingerprint density at radius 2 is 1.77 bits per heavy atom. The van der Waals surface area contributed by atoms with E-state index in [4.69, 9.17) is 14.2 Å². The number of nitrogens with one attached hydrogen (secondary N) is 1. The van der Waals surface area contributed by atoms with Crippen molar-refractivity contribution >= 4 is 28.1 Å². The molecule has 0 aliphatic carbocycles. The molecular formula is C24H23BrN2O4. The van der Waals surface area contributed by atoms with Gasteiger partial charge in [-0.25, -0.2) is 5.43 Å². The summed E-state index contributed by atoms with van der Waals surface area (Å²) in [6, 6.07) is 22.6. The molecule has 31 heavy (non-hydrogen) atoms. The fraction of sp³-hybridized carbons (Fsp3) is 0.167. The molecule has 1 atom stereocenters. The van der Waals surface area contributed by atoms with Gasteiger partial charge >= 0.3 is 0 Å². The van der Waals surface area contributed by atoms with Crippen LogP contribution in [0.1, 0.15) is 22.8 Å². The molecule has 0 heterocycles. The second-order valence-electron chi connectivity index (χ2n) is 6.59. The molecule has 0 aliphatic rings. The maximum atomic E-state index is 12.4. The third kappa shape index (κ3) is 6.41. The second kappa shape index (κ2) is 11.3. The van der Waals surface area contributed by atoms with Crippen molar-refractivity contribution in [2.45, 2.75) is 12.7 Å². The smallest absolute Gasteiger partial charge is 0.273 e. The van der Waals surface area contributed by atoms with Gasteiger partial charge in [-0.3, -0.25) is 4.79 Å². The number of nitrogens with zero attached hydrogens (tertiary/aromatic N) is 1. The van der Waals surface area contributed by atoms with E-state index < -0.39 is 6.10 Å². The van der Waals surface area contributed by atoms with Crippen LogP contribution in [0.25, 0.3) is 0 Å². The predicted octanol–water partition coefficient (Wildman–Crippen LogP) is 4.87. The molecule has 3 aromatic rings. The van der Waals surface area contributed by atoms with Gasteiger partial charge in [-0.15, -0.1) is 0 Å². The summed E-state index contributed by atoms with van der Waals surface area (Å²) >= 11 is 3.42. The Labute approximate surface area is 190 Å². The molecule has 0 aromatic heterocycles. The van der Waals surface area contributed by atoms with E-state index in [2.05, 4.69) is 26.5 Å². The van der Waals surface area contributed by atoms with Gasteiger partial charge in [0.15, 0.2) is 17.6 Å². The fourth-order valence-corrected chi connectivity index (χ4v) is 3.14. The third-order valence-electron chi connectivity index (χ3n) is 4.46. The van der Waals surface area contributed by atoms with Crippen LogP contribution in [-0.4, -0.2) is 26.3 Å². The van der Waals surface area contributed by atoms with Gasteiger partial charge in [-0.05, 0) is 47.0 Å². The first-order valence-electron chi connectivity index (χ1n) is 9.56. The minimum atomic E-state index is -0.734. The number of ether oxygens (including phenoxy) is 3. The van der Waals surface area contributed by atoms with Gasteiger partial charge in [0.2, 0.25) is 0 Å². The van der Waals surface area contributed by atoms with E-state index in [1.807, 2.05) is 66.7 Å². The van der Waals surface area contributed by atoms with E-state index >= 15 is 0 Å². The normalized spacial score (nSPS) is 11.8. The predicted molar refractivity (Wildman–Crippen MR) is 123 cm³/mol. The zero-order valence-corrected chi connectivity index (χ0v) is 18.8. The maximum Gasteiger partial charge on any atom is 0.273 e. The lowest BCUT2D eigenvalue weighted by atomic mass is 10.1. The first-order valence-corrected chi connectivity index (χ1v) is 10.4. The Bertz CT molecular complexity index is 1020. The van der Waals surface area contributed by atoms with Crippen LogP contribution in [0, 0.1) is 0 Å². The lowest BCUT2D eigenvalue weighted by Gasteiger charge is -2.13. The number of hydrogen-bond acceptors (Lipinski definition) is 5. The van der Waals surface area contributed by atoms with E-state index in [1.54, 1.807) is 13.2 Å². The van der Waals surface area contributed by atoms with Gasteiger partial charge in [0, 0.05) is 11.6 Å². The molecule has 7 heteroatoms. The maximum absolute atomic E-state index is 12.4. The Kier molecular flexibility index (Phi) is 8.20. The lowest BCUT2D eigenvalue weighted by molar-refractivity contribution is -0.131. The zero-order valence-electron chi connectivity index (χ0n) is 17.2. The number of hydrazone groups is 1. The van der Waals surface area contributed by atoms with E-state index in [9.17, 15) is 4.79 Å². The first-order chi connectivity index (χ1) is 15.1. The Balaban J connectivity index is 1.61. The summed E-state index contributed by atoms with van der Waals surface area (Å²) in [5.41, 5.74) is 5.07. The average Bonchev–Trinajstić information content (AvgIpc) is 2.80. The second-order valence-corrected chi connectivity index (χ2v) is 7.50. The topological polar surface area (TPSA) is 69.2 Å². The number of hydrogen-bond donors (Lipinski definition) is 1. The van der Waals surface area contributed by atoms with Crippen LogP contribution in [-0.2, 0) is 16.1 Å². The van der Waals surface area contributed by atoms with Crippen molar-refractivity contribution < 1.29 is 19.0 Å². The average molecular weight is 483 g/mol. The monoisotopic (exact) mass is 482 g/mol. The molecule has 1 amide bonds. The van der Waals surface area contributed by atoms with Crippen molar-refractivity contribution in [2.75, 3.05) is 14.2 Å². The minimum Gasteiger partial charge on any atom is -0.493 e. The van der Waals surface area contributed by atoms with E-state index in [0.29, 0.717) is 18.1 Å². The minimum absolute atomic E-state index is 0.355. The van der Waals surface area contributed by atoms with Crippen molar-refractivity contribution in [3.05, 3.63) is 94.0 Å². The fourth-order valence-electron chi connectivity index (χ4n) is 2.88. The SMILES string of the molecule is COc1cc(/C=N\NC(=O)[C@@H](OC)c2ccccc2)ccc1OCc1ccc(Br)cc1. The van der Waals surface area contributed by atoms with Gasteiger partial charge < -0.3 is 14.2 Å². The summed E-state index contributed by atoms with van der Waals surface area (Å²) in [4.78, 5) is 12.4. The number of amides is 1. The molecule has 6 nitrogen and oxygen atoms in total. The van der Waals surface area contributed by atoms with Gasteiger partial charge in [0.25, 0.3) is 5.91 Å². The highest BCUT2D eigenvalue weighted by atomic mass is 79.9. The highest BCUT2D eigenvalue weighted by Crippen LogP contribution is 2.28. The summed E-state index contributed by atoms with van der Waals surface area (Å²) in [6.07, 6.45) is 0.804. The summed E-state index contributed by atoms with van der Waals surface area (Å²) in [7, 11) is 3.06. The molecule has 3 aromatic carbocycles. The third-order valence-corrected chi connectivity index (χ3v) is 4.99. The number of rotatable bonds is 9. The molecule has 0 fully saturated rings. The van der Waals surface area contributed by atoms with Crippen molar-refractivity contribution in [1.82, 2.24) is 5.43 Å². The Morgan fingerprint density at radius 3 is 2.45 bits per heavy atom. The summed E-state index contributed by atoms with van der Waals surface area (Å²) < 4.78 is 17.6. The molecule has 0 saturated heterocycles. The highest BCUT2D eigenvalue weighted by molar-refractivity contribution is 9.10. The van der Waals surface area contributed by atoms with Crippen molar-refractivity contribution in [3.63, 3.8) is 0 Å². The van der Waals surface area contributed by atoms with Gasteiger partial charge in [0.05, 0.1) is 13.3 Å². The first kappa shape index (κ1) is 22.5. The van der Waals surface area contributed by atoms with E-state index in [1.165, 1.54) is 13.3 Å². The van der Waals surface area contributed by atoms with Crippen molar-refractivity contribution in [3.8, 4) is 11.5 Å². The lowest BCUT2D eigenvalue weighted by Crippen LogP contribution is -2.26. The van der Waals surface area contributed by atoms with E-state index in [-0.39, 0.29) is 5.91 Å². The van der Waals surface area contributed by atoms with Crippen molar-refractivity contribution in [1.29, 1.82) is 0 Å². The quantitative estimate of drug-likeness (QED) is 0.348. The van der Waals surface area contributed by atoms with Gasteiger partial charge in [0.1, 0.15) is 6.61 Å². The van der Waals surface area contributed by atoms with Crippen LogP contribution in [0.3, 0.4) is 0 Å². The summed E-state index contributed by atoms with van der Waals surface area (Å²) in [6.45, 7) is 0.422. The molecule has 0 saturated carbocycles. The van der Waals surface area contributed by atoms with Crippen LogP contribution in [0.2, 0.25) is 0 Å². The molecule has 0 spiro atoms.